The maximum Gasteiger partial charge on any atom is 0.251 e. The Labute approximate surface area is 116 Å². The predicted molar refractivity (Wildman–Crippen MR) is 75.0 cm³/mol. The molecule has 2 heterocycles. The van der Waals surface area contributed by atoms with Gasteiger partial charge in [-0.05, 0) is 25.0 Å². The van der Waals surface area contributed by atoms with Crippen molar-refractivity contribution in [1.29, 1.82) is 0 Å². The van der Waals surface area contributed by atoms with E-state index in [4.69, 9.17) is 0 Å². The summed E-state index contributed by atoms with van der Waals surface area (Å²) < 4.78 is 26.2. The topological polar surface area (TPSA) is 19.0 Å². The van der Waals surface area contributed by atoms with Crippen LogP contribution in [0, 0.1) is 0 Å². The number of hydrogen-bond donors (Lipinski definition) is 1. The minimum absolute atomic E-state index is 0.0207. The van der Waals surface area contributed by atoms with Crippen LogP contribution in [0.25, 0.3) is 10.9 Å². The van der Waals surface area contributed by atoms with E-state index in [0.29, 0.717) is 6.04 Å². The van der Waals surface area contributed by atoms with Gasteiger partial charge in [0.1, 0.15) is 0 Å². The number of rotatable bonds is 1. The predicted octanol–water partition coefficient (Wildman–Crippen LogP) is 3.71. The molecule has 106 valence electrons. The summed E-state index contributed by atoms with van der Waals surface area (Å²) in [7, 11) is 0. The number of H-pyrrole nitrogens is 1. The molecule has 4 heteroatoms. The van der Waals surface area contributed by atoms with E-state index in [2.05, 4.69) is 35.0 Å². The molecular formula is C16H18F2N2. The number of aromatic nitrogens is 1. The van der Waals surface area contributed by atoms with Gasteiger partial charge >= 0.3 is 0 Å². The van der Waals surface area contributed by atoms with Crippen molar-refractivity contribution in [2.24, 2.45) is 0 Å². The van der Waals surface area contributed by atoms with Gasteiger partial charge in [0.2, 0.25) is 0 Å². The Morgan fingerprint density at radius 3 is 2.75 bits per heavy atom. The van der Waals surface area contributed by atoms with Gasteiger partial charge in [-0.25, -0.2) is 8.78 Å². The van der Waals surface area contributed by atoms with Crippen LogP contribution in [-0.4, -0.2) is 27.9 Å². The molecule has 1 aliphatic heterocycles. The van der Waals surface area contributed by atoms with Crippen LogP contribution in [0.3, 0.4) is 0 Å². The van der Waals surface area contributed by atoms with Crippen LogP contribution in [0.2, 0.25) is 0 Å². The van der Waals surface area contributed by atoms with Crippen molar-refractivity contribution in [3.63, 3.8) is 0 Å². The highest BCUT2D eigenvalue weighted by molar-refractivity contribution is 5.84. The van der Waals surface area contributed by atoms with Crippen LogP contribution in [0.15, 0.2) is 24.3 Å². The van der Waals surface area contributed by atoms with E-state index in [9.17, 15) is 8.78 Å². The van der Waals surface area contributed by atoms with Crippen LogP contribution in [0.5, 0.6) is 0 Å². The molecule has 1 aliphatic carbocycles. The highest BCUT2D eigenvalue weighted by atomic mass is 19.3. The molecule has 1 fully saturated rings. The highest BCUT2D eigenvalue weighted by Crippen LogP contribution is 2.43. The van der Waals surface area contributed by atoms with Crippen LogP contribution in [0.4, 0.5) is 8.78 Å². The van der Waals surface area contributed by atoms with E-state index in [1.54, 1.807) is 0 Å². The smallest absolute Gasteiger partial charge is 0.251 e. The fraction of sp³-hybridized carbons (Fsp3) is 0.500. The lowest BCUT2D eigenvalue weighted by molar-refractivity contribution is -0.134. The molecule has 1 saturated carbocycles. The Balaban J connectivity index is 1.65. The lowest BCUT2D eigenvalue weighted by Gasteiger charge is -2.47. The van der Waals surface area contributed by atoms with Gasteiger partial charge in [-0.15, -0.1) is 0 Å². The second-order valence-corrected chi connectivity index (χ2v) is 6.27. The molecule has 20 heavy (non-hydrogen) atoms. The van der Waals surface area contributed by atoms with Gasteiger partial charge in [0.25, 0.3) is 5.92 Å². The molecular weight excluding hydrogens is 258 g/mol. The Morgan fingerprint density at radius 2 is 2.00 bits per heavy atom. The third kappa shape index (κ3) is 1.78. The molecule has 4 rings (SSSR count). The monoisotopic (exact) mass is 276 g/mol. The van der Waals surface area contributed by atoms with E-state index in [0.717, 1.165) is 18.5 Å². The van der Waals surface area contributed by atoms with Crippen molar-refractivity contribution in [2.45, 2.75) is 50.7 Å². The van der Waals surface area contributed by atoms with Gasteiger partial charge in [0.05, 0.1) is 0 Å². The Morgan fingerprint density at radius 1 is 1.25 bits per heavy atom. The standard InChI is InChI=1S/C16H18F2N2/c1-10-6-13-12-4-2-3-5-14(12)19-15(13)9-20(10)11-7-16(17,18)8-11/h2-5,10-11,19H,6-9H2,1H3. The fourth-order valence-electron chi connectivity index (χ4n) is 3.73. The molecule has 2 aliphatic rings. The average Bonchev–Trinajstić information content (AvgIpc) is 2.73. The summed E-state index contributed by atoms with van der Waals surface area (Å²) in [5.74, 6) is -2.44. The molecule has 0 amide bonds. The average molecular weight is 276 g/mol. The Hall–Kier alpha value is -1.42. The highest BCUT2D eigenvalue weighted by Gasteiger charge is 2.49. The summed E-state index contributed by atoms with van der Waals surface area (Å²) in [6.07, 6.45) is 0.987. The first-order valence-electron chi connectivity index (χ1n) is 7.25. The lowest BCUT2D eigenvalue weighted by atomic mass is 9.84. The van der Waals surface area contributed by atoms with Crippen LogP contribution >= 0.6 is 0 Å². The number of nitrogens with one attached hydrogen (secondary N) is 1. The van der Waals surface area contributed by atoms with E-state index < -0.39 is 5.92 Å². The van der Waals surface area contributed by atoms with Crippen LogP contribution in [0.1, 0.15) is 31.0 Å². The minimum atomic E-state index is -2.44. The molecule has 0 spiro atoms. The summed E-state index contributed by atoms with van der Waals surface area (Å²) >= 11 is 0. The number of hydrogen-bond acceptors (Lipinski definition) is 1. The van der Waals surface area contributed by atoms with Gasteiger partial charge in [-0.2, -0.15) is 0 Å². The van der Waals surface area contributed by atoms with E-state index in [-0.39, 0.29) is 18.9 Å². The number of fused-ring (bicyclic) bond motifs is 3. The molecule has 0 saturated heterocycles. The molecule has 1 aromatic heterocycles. The van der Waals surface area contributed by atoms with Gasteiger partial charge in [-0.1, -0.05) is 18.2 Å². The van der Waals surface area contributed by atoms with Crippen molar-refractivity contribution in [2.75, 3.05) is 0 Å². The zero-order valence-electron chi connectivity index (χ0n) is 11.5. The molecule has 0 bridgehead atoms. The fourth-order valence-corrected chi connectivity index (χ4v) is 3.73. The molecule has 2 aromatic rings. The summed E-state index contributed by atoms with van der Waals surface area (Å²) in [5, 5.41) is 1.29. The van der Waals surface area contributed by atoms with Crippen molar-refractivity contribution < 1.29 is 8.78 Å². The minimum Gasteiger partial charge on any atom is -0.357 e. The molecule has 1 aromatic carbocycles. The summed E-state index contributed by atoms with van der Waals surface area (Å²) in [6.45, 7) is 2.92. The van der Waals surface area contributed by atoms with Gasteiger partial charge in [0, 0.05) is 48.1 Å². The number of benzene rings is 1. The summed E-state index contributed by atoms with van der Waals surface area (Å²) in [5.41, 5.74) is 3.74. The first-order valence-corrected chi connectivity index (χ1v) is 7.25. The third-order valence-electron chi connectivity index (χ3n) is 4.85. The van der Waals surface area contributed by atoms with Crippen molar-refractivity contribution in [1.82, 2.24) is 9.88 Å². The van der Waals surface area contributed by atoms with E-state index in [1.807, 2.05) is 6.07 Å². The molecule has 1 unspecified atom stereocenters. The third-order valence-corrected chi connectivity index (χ3v) is 4.85. The van der Waals surface area contributed by atoms with Crippen LogP contribution in [-0.2, 0) is 13.0 Å². The number of aromatic amines is 1. The lowest BCUT2D eigenvalue weighted by Crippen LogP contribution is -2.55. The Bertz CT molecular complexity index is 654. The second kappa shape index (κ2) is 4.04. The zero-order chi connectivity index (χ0) is 13.9. The van der Waals surface area contributed by atoms with Crippen molar-refractivity contribution in [3.8, 4) is 0 Å². The molecule has 2 nitrogen and oxygen atoms in total. The first-order chi connectivity index (χ1) is 9.53. The largest absolute Gasteiger partial charge is 0.357 e. The summed E-state index contributed by atoms with van der Waals surface area (Å²) in [6, 6.07) is 8.69. The zero-order valence-corrected chi connectivity index (χ0v) is 11.5. The van der Waals surface area contributed by atoms with Gasteiger partial charge < -0.3 is 4.98 Å². The van der Waals surface area contributed by atoms with Crippen molar-refractivity contribution in [3.05, 3.63) is 35.5 Å². The van der Waals surface area contributed by atoms with E-state index in [1.165, 1.54) is 16.6 Å². The van der Waals surface area contributed by atoms with E-state index >= 15 is 0 Å². The molecule has 0 radical (unpaired) electrons. The summed E-state index contributed by atoms with van der Waals surface area (Å²) in [4.78, 5) is 5.71. The maximum atomic E-state index is 13.1. The first kappa shape index (κ1) is 12.3. The van der Waals surface area contributed by atoms with Gasteiger partial charge in [0.15, 0.2) is 0 Å². The number of halogens is 2. The number of nitrogens with zero attached hydrogens (tertiary/aromatic N) is 1. The molecule has 1 atom stereocenters. The van der Waals surface area contributed by atoms with Crippen molar-refractivity contribution >= 4 is 10.9 Å². The normalized spacial score (nSPS) is 26.4. The second-order valence-electron chi connectivity index (χ2n) is 6.27. The van der Waals surface area contributed by atoms with Gasteiger partial charge in [-0.3, -0.25) is 4.90 Å². The Kier molecular flexibility index (Phi) is 2.49. The number of alkyl halides is 2. The van der Waals surface area contributed by atoms with Crippen LogP contribution < -0.4 is 0 Å². The number of para-hydroxylation sites is 1. The SMILES string of the molecule is CC1Cc2c([nH]c3ccccc23)CN1C1CC(F)(F)C1. The maximum absolute atomic E-state index is 13.1. The quantitative estimate of drug-likeness (QED) is 0.841. The molecule has 1 N–H and O–H groups in total.